The molecule has 0 fully saturated rings. The van der Waals surface area contributed by atoms with Crippen molar-refractivity contribution < 1.29 is 4.42 Å². The van der Waals surface area contributed by atoms with E-state index in [1.807, 2.05) is 41.8 Å². The van der Waals surface area contributed by atoms with E-state index in [1.165, 1.54) is 0 Å². The maximum atomic E-state index is 6.11. The molecular formula is C13H10BrN3OS. The Morgan fingerprint density at radius 1 is 1.21 bits per heavy atom. The molecule has 2 N–H and O–H groups in total. The van der Waals surface area contributed by atoms with E-state index in [9.17, 15) is 0 Å². The highest BCUT2D eigenvalue weighted by Crippen LogP contribution is 2.29. The van der Waals surface area contributed by atoms with Crippen LogP contribution in [0.1, 0.15) is 17.5 Å². The molecular weight excluding hydrogens is 326 g/mol. The summed E-state index contributed by atoms with van der Waals surface area (Å²) in [4.78, 5) is 0. The maximum Gasteiger partial charge on any atom is 0.248 e. The van der Waals surface area contributed by atoms with Crippen LogP contribution in [0.2, 0.25) is 0 Å². The van der Waals surface area contributed by atoms with Gasteiger partial charge in [0.1, 0.15) is 6.04 Å². The fourth-order valence-electron chi connectivity index (χ4n) is 1.70. The van der Waals surface area contributed by atoms with Gasteiger partial charge in [-0.05, 0) is 27.6 Å². The van der Waals surface area contributed by atoms with Gasteiger partial charge in [-0.25, -0.2) is 0 Å². The van der Waals surface area contributed by atoms with Crippen molar-refractivity contribution in [1.82, 2.24) is 10.2 Å². The number of rotatable bonds is 3. The predicted octanol–water partition coefficient (Wildman–Crippen LogP) is 3.61. The third kappa shape index (κ3) is 2.60. The van der Waals surface area contributed by atoms with Crippen LogP contribution in [-0.4, -0.2) is 10.2 Å². The Hall–Kier alpha value is -1.50. The SMILES string of the molecule is NC(c1ccccc1)c1nnc(-c2csc(Br)c2)o1. The Bertz CT molecular complexity index is 680. The smallest absolute Gasteiger partial charge is 0.248 e. The Morgan fingerprint density at radius 2 is 2.00 bits per heavy atom. The highest BCUT2D eigenvalue weighted by Gasteiger charge is 2.17. The van der Waals surface area contributed by atoms with Crippen LogP contribution in [-0.2, 0) is 0 Å². The Kier molecular flexibility index (Phi) is 3.46. The van der Waals surface area contributed by atoms with E-state index in [2.05, 4.69) is 26.1 Å². The number of halogens is 1. The second-order valence-corrected chi connectivity index (χ2v) is 6.26. The van der Waals surface area contributed by atoms with Gasteiger partial charge in [0.05, 0.1) is 9.35 Å². The first-order valence-electron chi connectivity index (χ1n) is 5.62. The first kappa shape index (κ1) is 12.5. The summed E-state index contributed by atoms with van der Waals surface area (Å²) >= 11 is 4.98. The van der Waals surface area contributed by atoms with Gasteiger partial charge in [-0.2, -0.15) is 0 Å². The summed E-state index contributed by atoms with van der Waals surface area (Å²) < 4.78 is 6.66. The third-order valence-corrected chi connectivity index (χ3v) is 4.18. The Labute approximate surface area is 122 Å². The summed E-state index contributed by atoms with van der Waals surface area (Å²) in [6, 6.07) is 11.2. The lowest BCUT2D eigenvalue weighted by atomic mass is 10.1. The summed E-state index contributed by atoms with van der Waals surface area (Å²) in [7, 11) is 0. The van der Waals surface area contributed by atoms with Gasteiger partial charge < -0.3 is 10.2 Å². The minimum atomic E-state index is -0.399. The van der Waals surface area contributed by atoms with Gasteiger partial charge in [0.15, 0.2) is 0 Å². The molecule has 0 saturated carbocycles. The highest BCUT2D eigenvalue weighted by molar-refractivity contribution is 9.11. The number of aromatic nitrogens is 2. The number of nitrogens with two attached hydrogens (primary N) is 1. The van der Waals surface area contributed by atoms with Crippen molar-refractivity contribution >= 4 is 27.3 Å². The van der Waals surface area contributed by atoms with Crippen molar-refractivity contribution in [2.45, 2.75) is 6.04 Å². The van der Waals surface area contributed by atoms with Crippen molar-refractivity contribution in [2.75, 3.05) is 0 Å². The molecule has 1 unspecified atom stereocenters. The predicted molar refractivity (Wildman–Crippen MR) is 77.8 cm³/mol. The number of benzene rings is 1. The van der Waals surface area contributed by atoms with Crippen molar-refractivity contribution in [3.8, 4) is 11.5 Å². The van der Waals surface area contributed by atoms with E-state index in [0.29, 0.717) is 11.8 Å². The summed E-state index contributed by atoms with van der Waals surface area (Å²) in [5.41, 5.74) is 7.96. The quantitative estimate of drug-likeness (QED) is 0.794. The van der Waals surface area contributed by atoms with Crippen LogP contribution in [0.25, 0.3) is 11.5 Å². The van der Waals surface area contributed by atoms with E-state index < -0.39 is 6.04 Å². The molecule has 0 aliphatic rings. The summed E-state index contributed by atoms with van der Waals surface area (Å²) in [6.07, 6.45) is 0. The highest BCUT2D eigenvalue weighted by atomic mass is 79.9. The zero-order valence-corrected chi connectivity index (χ0v) is 12.2. The van der Waals surface area contributed by atoms with Crippen LogP contribution >= 0.6 is 27.3 Å². The van der Waals surface area contributed by atoms with Gasteiger partial charge in [-0.3, -0.25) is 0 Å². The van der Waals surface area contributed by atoms with Crippen LogP contribution < -0.4 is 5.73 Å². The molecule has 19 heavy (non-hydrogen) atoms. The van der Waals surface area contributed by atoms with Gasteiger partial charge >= 0.3 is 0 Å². The summed E-state index contributed by atoms with van der Waals surface area (Å²) in [6.45, 7) is 0. The van der Waals surface area contributed by atoms with Crippen molar-refractivity contribution in [3.63, 3.8) is 0 Å². The fourth-order valence-corrected chi connectivity index (χ4v) is 2.83. The number of hydrogen-bond donors (Lipinski definition) is 1. The topological polar surface area (TPSA) is 64.9 Å². The van der Waals surface area contributed by atoms with Crippen LogP contribution in [0, 0.1) is 0 Å². The fraction of sp³-hybridized carbons (Fsp3) is 0.0769. The van der Waals surface area contributed by atoms with E-state index in [-0.39, 0.29) is 0 Å². The van der Waals surface area contributed by atoms with Gasteiger partial charge in [0.2, 0.25) is 11.8 Å². The Balaban J connectivity index is 1.89. The van der Waals surface area contributed by atoms with E-state index in [4.69, 9.17) is 10.2 Å². The molecule has 0 aliphatic heterocycles. The van der Waals surface area contributed by atoms with Crippen molar-refractivity contribution in [1.29, 1.82) is 0 Å². The largest absolute Gasteiger partial charge is 0.419 e. The van der Waals surface area contributed by atoms with Crippen LogP contribution in [0.15, 0.2) is 50.0 Å². The monoisotopic (exact) mass is 335 g/mol. The number of hydrogen-bond acceptors (Lipinski definition) is 5. The molecule has 0 radical (unpaired) electrons. The lowest BCUT2D eigenvalue weighted by Crippen LogP contribution is -2.11. The molecule has 0 spiro atoms. The molecule has 1 atom stereocenters. The summed E-state index contributed by atoms with van der Waals surface area (Å²) in [5, 5.41) is 10.0. The molecule has 6 heteroatoms. The van der Waals surface area contributed by atoms with Crippen molar-refractivity contribution in [2.24, 2.45) is 5.73 Å². The zero-order valence-electron chi connectivity index (χ0n) is 9.79. The molecule has 3 aromatic rings. The molecule has 4 nitrogen and oxygen atoms in total. The maximum absolute atomic E-state index is 6.11. The number of thiophene rings is 1. The molecule has 1 aromatic carbocycles. The second-order valence-electron chi connectivity index (χ2n) is 3.97. The molecule has 0 aliphatic carbocycles. The number of nitrogens with zero attached hydrogens (tertiary/aromatic N) is 2. The van der Waals surface area contributed by atoms with E-state index in [0.717, 1.165) is 14.9 Å². The Morgan fingerprint density at radius 3 is 2.68 bits per heavy atom. The van der Waals surface area contributed by atoms with Gasteiger partial charge in [0, 0.05) is 5.38 Å². The minimum Gasteiger partial charge on any atom is -0.419 e. The molecule has 0 amide bonds. The van der Waals surface area contributed by atoms with Gasteiger partial charge in [-0.1, -0.05) is 30.3 Å². The minimum absolute atomic E-state index is 0.399. The molecule has 3 rings (SSSR count). The van der Waals surface area contributed by atoms with Crippen LogP contribution in [0.5, 0.6) is 0 Å². The molecule has 0 saturated heterocycles. The molecule has 0 bridgehead atoms. The zero-order chi connectivity index (χ0) is 13.2. The molecule has 2 aromatic heterocycles. The first-order valence-corrected chi connectivity index (χ1v) is 7.29. The van der Waals surface area contributed by atoms with Crippen LogP contribution in [0.3, 0.4) is 0 Å². The average molecular weight is 336 g/mol. The van der Waals surface area contributed by atoms with Gasteiger partial charge in [-0.15, -0.1) is 21.5 Å². The third-order valence-electron chi connectivity index (χ3n) is 2.68. The molecule has 2 heterocycles. The first-order chi connectivity index (χ1) is 9.24. The van der Waals surface area contributed by atoms with E-state index >= 15 is 0 Å². The van der Waals surface area contributed by atoms with Crippen LogP contribution in [0.4, 0.5) is 0 Å². The lowest BCUT2D eigenvalue weighted by Gasteiger charge is -2.05. The lowest BCUT2D eigenvalue weighted by molar-refractivity contribution is 0.484. The van der Waals surface area contributed by atoms with Gasteiger partial charge in [0.25, 0.3) is 0 Å². The molecule has 96 valence electrons. The average Bonchev–Trinajstić information content (AvgIpc) is 3.07. The van der Waals surface area contributed by atoms with Crippen molar-refractivity contribution in [3.05, 3.63) is 57.0 Å². The van der Waals surface area contributed by atoms with E-state index in [1.54, 1.807) is 11.3 Å². The standard InChI is InChI=1S/C13H10BrN3OS/c14-10-6-9(7-19-10)12-16-17-13(18-12)11(15)8-4-2-1-3-5-8/h1-7,11H,15H2. The summed E-state index contributed by atoms with van der Waals surface area (Å²) in [5.74, 6) is 0.909. The normalized spacial score (nSPS) is 12.5. The second kappa shape index (κ2) is 5.24.